The molecule has 2 aromatic rings. The van der Waals surface area contributed by atoms with Gasteiger partial charge in [-0.1, -0.05) is 51.1 Å². The van der Waals surface area contributed by atoms with Crippen molar-refractivity contribution in [1.29, 1.82) is 0 Å². The van der Waals surface area contributed by atoms with E-state index in [1.807, 2.05) is 18.2 Å². The fourth-order valence-electron chi connectivity index (χ4n) is 2.31. The average Bonchev–Trinajstić information content (AvgIpc) is 2.45. The summed E-state index contributed by atoms with van der Waals surface area (Å²) in [5.41, 5.74) is 3.67. The maximum atomic E-state index is 9.64. The summed E-state index contributed by atoms with van der Waals surface area (Å²) in [5, 5.41) is 9.64. The number of rotatable bonds is 4. The number of benzene rings is 1. The van der Waals surface area contributed by atoms with Gasteiger partial charge >= 0.3 is 0 Å². The van der Waals surface area contributed by atoms with Gasteiger partial charge in [0, 0.05) is 17.8 Å². The normalized spacial score (nSPS) is 13.2. The van der Waals surface area contributed by atoms with E-state index in [1.54, 1.807) is 6.20 Å². The van der Waals surface area contributed by atoms with Crippen molar-refractivity contribution in [3.8, 4) is 0 Å². The second kappa shape index (κ2) is 6.19. The Labute approximate surface area is 121 Å². The lowest BCUT2D eigenvalue weighted by Crippen LogP contribution is -2.12. The second-order valence-corrected chi connectivity index (χ2v) is 6.28. The van der Waals surface area contributed by atoms with Crippen LogP contribution in [0.1, 0.15) is 43.5 Å². The van der Waals surface area contributed by atoms with Crippen LogP contribution in [-0.2, 0) is 11.8 Å². The molecular weight excluding hydrogens is 246 g/mol. The molecule has 1 heterocycles. The predicted octanol–water partition coefficient (Wildman–Crippen LogP) is 3.70. The van der Waals surface area contributed by atoms with Crippen LogP contribution in [0.2, 0.25) is 0 Å². The van der Waals surface area contributed by atoms with Crippen LogP contribution in [0, 0.1) is 0 Å². The Morgan fingerprint density at radius 3 is 2.25 bits per heavy atom. The number of pyridine rings is 1. The zero-order valence-corrected chi connectivity index (χ0v) is 12.5. The van der Waals surface area contributed by atoms with Gasteiger partial charge in [-0.2, -0.15) is 0 Å². The molecule has 0 radical (unpaired) electrons. The largest absolute Gasteiger partial charge is 0.396 e. The molecule has 2 nitrogen and oxygen atoms in total. The molecule has 2 rings (SSSR count). The minimum absolute atomic E-state index is 0.110. The van der Waals surface area contributed by atoms with Crippen LogP contribution in [0.4, 0.5) is 0 Å². The van der Waals surface area contributed by atoms with E-state index in [-0.39, 0.29) is 17.9 Å². The Kier molecular flexibility index (Phi) is 4.56. The summed E-state index contributed by atoms with van der Waals surface area (Å²) in [6.45, 7) is 6.77. The van der Waals surface area contributed by atoms with Crippen molar-refractivity contribution in [2.75, 3.05) is 6.61 Å². The lowest BCUT2D eigenvalue weighted by atomic mass is 9.85. The molecule has 2 heteroatoms. The van der Waals surface area contributed by atoms with Gasteiger partial charge in [0.1, 0.15) is 0 Å². The molecule has 1 aromatic heterocycles. The van der Waals surface area contributed by atoms with E-state index in [0.29, 0.717) is 0 Å². The lowest BCUT2D eigenvalue weighted by molar-refractivity contribution is 0.264. The van der Waals surface area contributed by atoms with Gasteiger partial charge < -0.3 is 5.11 Å². The Morgan fingerprint density at radius 1 is 1.05 bits per heavy atom. The van der Waals surface area contributed by atoms with Crippen LogP contribution in [0.3, 0.4) is 0 Å². The van der Waals surface area contributed by atoms with Crippen LogP contribution in [0.5, 0.6) is 0 Å². The molecule has 0 bridgehead atoms. The van der Waals surface area contributed by atoms with E-state index in [2.05, 4.69) is 50.0 Å². The SMILES string of the molecule is CC(C)(C)c1ccc(C(CO)Cc2ccccn2)cc1. The quantitative estimate of drug-likeness (QED) is 0.918. The van der Waals surface area contributed by atoms with Gasteiger partial charge in [-0.25, -0.2) is 0 Å². The second-order valence-electron chi connectivity index (χ2n) is 6.28. The first-order valence-electron chi connectivity index (χ1n) is 7.12. The molecular formula is C18H23NO. The van der Waals surface area contributed by atoms with Gasteiger partial charge in [-0.05, 0) is 35.1 Å². The standard InChI is InChI=1S/C18H23NO/c1-18(2,3)16-9-7-14(8-10-16)15(13-20)12-17-6-4-5-11-19-17/h4-11,15,20H,12-13H2,1-3H3. The van der Waals surface area contributed by atoms with Gasteiger partial charge in [0.25, 0.3) is 0 Å². The first-order valence-corrected chi connectivity index (χ1v) is 7.12. The van der Waals surface area contributed by atoms with Crippen molar-refractivity contribution >= 4 is 0 Å². The summed E-state index contributed by atoms with van der Waals surface area (Å²) in [7, 11) is 0. The van der Waals surface area contributed by atoms with Gasteiger partial charge in [-0.3, -0.25) is 4.98 Å². The Morgan fingerprint density at radius 2 is 1.75 bits per heavy atom. The Hall–Kier alpha value is -1.67. The monoisotopic (exact) mass is 269 g/mol. The van der Waals surface area contributed by atoms with Gasteiger partial charge in [-0.15, -0.1) is 0 Å². The van der Waals surface area contributed by atoms with Crippen LogP contribution in [-0.4, -0.2) is 16.7 Å². The smallest absolute Gasteiger partial charge is 0.0503 e. The molecule has 1 atom stereocenters. The van der Waals surface area contributed by atoms with E-state index in [1.165, 1.54) is 11.1 Å². The van der Waals surface area contributed by atoms with E-state index in [9.17, 15) is 5.11 Å². The molecule has 1 N–H and O–H groups in total. The van der Waals surface area contributed by atoms with Crippen molar-refractivity contribution in [2.45, 2.75) is 38.5 Å². The zero-order valence-electron chi connectivity index (χ0n) is 12.5. The van der Waals surface area contributed by atoms with E-state index in [4.69, 9.17) is 0 Å². The number of hydrogen-bond acceptors (Lipinski definition) is 2. The highest BCUT2D eigenvalue weighted by atomic mass is 16.3. The van der Waals surface area contributed by atoms with Crippen LogP contribution in [0.25, 0.3) is 0 Å². The fraction of sp³-hybridized carbons (Fsp3) is 0.389. The summed E-state index contributed by atoms with van der Waals surface area (Å²) < 4.78 is 0. The number of hydrogen-bond donors (Lipinski definition) is 1. The molecule has 1 unspecified atom stereocenters. The molecule has 0 aliphatic carbocycles. The van der Waals surface area contributed by atoms with Crippen LogP contribution < -0.4 is 0 Å². The highest BCUT2D eigenvalue weighted by Crippen LogP contribution is 2.25. The molecule has 106 valence electrons. The average molecular weight is 269 g/mol. The van der Waals surface area contributed by atoms with Crippen LogP contribution >= 0.6 is 0 Å². The maximum absolute atomic E-state index is 9.64. The Balaban J connectivity index is 2.16. The number of aliphatic hydroxyl groups is 1. The third kappa shape index (κ3) is 3.67. The highest BCUT2D eigenvalue weighted by molar-refractivity contribution is 5.30. The third-order valence-electron chi connectivity index (χ3n) is 3.65. The number of aromatic nitrogens is 1. The zero-order chi connectivity index (χ0) is 14.6. The molecule has 0 saturated carbocycles. The van der Waals surface area contributed by atoms with E-state index < -0.39 is 0 Å². The summed E-state index contributed by atoms with van der Waals surface area (Å²) in [4.78, 5) is 4.34. The predicted molar refractivity (Wildman–Crippen MR) is 82.9 cm³/mol. The van der Waals surface area contributed by atoms with E-state index in [0.717, 1.165) is 12.1 Å². The molecule has 0 spiro atoms. The Bertz CT molecular complexity index is 526. The van der Waals surface area contributed by atoms with Crippen molar-refractivity contribution in [1.82, 2.24) is 4.98 Å². The van der Waals surface area contributed by atoms with Crippen LogP contribution in [0.15, 0.2) is 48.7 Å². The fourth-order valence-corrected chi connectivity index (χ4v) is 2.31. The maximum Gasteiger partial charge on any atom is 0.0503 e. The molecule has 0 saturated heterocycles. The van der Waals surface area contributed by atoms with Gasteiger partial charge in [0.15, 0.2) is 0 Å². The lowest BCUT2D eigenvalue weighted by Gasteiger charge is -2.21. The minimum atomic E-state index is 0.110. The third-order valence-corrected chi connectivity index (χ3v) is 3.65. The first-order chi connectivity index (χ1) is 9.50. The first kappa shape index (κ1) is 14.7. The summed E-state index contributed by atoms with van der Waals surface area (Å²) in [6.07, 6.45) is 2.57. The topological polar surface area (TPSA) is 33.1 Å². The van der Waals surface area contributed by atoms with Crippen molar-refractivity contribution in [2.24, 2.45) is 0 Å². The van der Waals surface area contributed by atoms with Gasteiger partial charge in [0.05, 0.1) is 6.61 Å². The molecule has 0 aliphatic heterocycles. The van der Waals surface area contributed by atoms with E-state index >= 15 is 0 Å². The van der Waals surface area contributed by atoms with Crippen molar-refractivity contribution in [3.63, 3.8) is 0 Å². The molecule has 0 amide bonds. The molecule has 20 heavy (non-hydrogen) atoms. The number of aliphatic hydroxyl groups excluding tert-OH is 1. The summed E-state index contributed by atoms with van der Waals surface area (Å²) in [5.74, 6) is 0.110. The molecule has 0 fully saturated rings. The van der Waals surface area contributed by atoms with Crippen molar-refractivity contribution < 1.29 is 5.11 Å². The molecule has 1 aromatic carbocycles. The minimum Gasteiger partial charge on any atom is -0.396 e. The molecule has 0 aliphatic rings. The number of nitrogens with zero attached hydrogens (tertiary/aromatic N) is 1. The summed E-state index contributed by atoms with van der Waals surface area (Å²) in [6, 6.07) is 14.5. The van der Waals surface area contributed by atoms with Crippen molar-refractivity contribution in [3.05, 3.63) is 65.5 Å². The van der Waals surface area contributed by atoms with Gasteiger partial charge in [0.2, 0.25) is 0 Å². The highest BCUT2D eigenvalue weighted by Gasteiger charge is 2.16. The summed E-state index contributed by atoms with van der Waals surface area (Å²) >= 11 is 0.